The summed E-state index contributed by atoms with van der Waals surface area (Å²) in [6.07, 6.45) is 0. The number of halogens is 2. The molecule has 92 valence electrons. The highest BCUT2D eigenvalue weighted by atomic mass is 19.1. The van der Waals surface area contributed by atoms with Crippen molar-refractivity contribution in [1.82, 2.24) is 0 Å². The van der Waals surface area contributed by atoms with Gasteiger partial charge < -0.3 is 0 Å². The molecule has 0 bridgehead atoms. The van der Waals surface area contributed by atoms with Crippen molar-refractivity contribution in [2.24, 2.45) is 0 Å². The second kappa shape index (κ2) is 5.08. The third-order valence-electron chi connectivity index (χ3n) is 2.81. The SMILES string of the molecule is CC(=O)C(c1ccc(F)cc1)c1ccc(F)cc1. The van der Waals surface area contributed by atoms with Crippen LogP contribution in [0.5, 0.6) is 0 Å². The largest absolute Gasteiger partial charge is 0.299 e. The van der Waals surface area contributed by atoms with Gasteiger partial charge in [0.2, 0.25) is 0 Å². The number of carbonyl (C=O) groups is 1. The first-order valence-corrected chi connectivity index (χ1v) is 5.59. The van der Waals surface area contributed by atoms with Crippen molar-refractivity contribution in [3.63, 3.8) is 0 Å². The molecule has 0 aliphatic heterocycles. The lowest BCUT2D eigenvalue weighted by molar-refractivity contribution is -0.117. The minimum atomic E-state index is -0.480. The summed E-state index contributed by atoms with van der Waals surface area (Å²) >= 11 is 0. The van der Waals surface area contributed by atoms with Crippen LogP contribution in [0.25, 0.3) is 0 Å². The molecule has 0 aliphatic rings. The Bertz CT molecular complexity index is 498. The summed E-state index contributed by atoms with van der Waals surface area (Å²) in [6.45, 7) is 1.47. The molecule has 0 heterocycles. The van der Waals surface area contributed by atoms with Crippen LogP contribution in [0.3, 0.4) is 0 Å². The molecule has 0 fully saturated rings. The number of hydrogen-bond acceptors (Lipinski definition) is 1. The van der Waals surface area contributed by atoms with Gasteiger partial charge in [0.1, 0.15) is 17.4 Å². The highest BCUT2D eigenvalue weighted by Gasteiger charge is 2.18. The van der Waals surface area contributed by atoms with E-state index in [0.29, 0.717) is 11.1 Å². The summed E-state index contributed by atoms with van der Waals surface area (Å²) in [4.78, 5) is 11.7. The van der Waals surface area contributed by atoms with E-state index in [9.17, 15) is 13.6 Å². The Morgan fingerprint density at radius 2 is 1.17 bits per heavy atom. The minimum absolute atomic E-state index is 0.0618. The van der Waals surface area contributed by atoms with Crippen LogP contribution in [0.15, 0.2) is 48.5 Å². The van der Waals surface area contributed by atoms with Gasteiger partial charge in [0, 0.05) is 0 Å². The van der Waals surface area contributed by atoms with Crippen LogP contribution in [0.1, 0.15) is 24.0 Å². The molecule has 2 aromatic rings. The second-order valence-electron chi connectivity index (χ2n) is 4.15. The Morgan fingerprint density at radius 3 is 1.44 bits per heavy atom. The first-order chi connectivity index (χ1) is 8.58. The molecule has 0 amide bonds. The smallest absolute Gasteiger partial charge is 0.141 e. The van der Waals surface area contributed by atoms with Gasteiger partial charge in [-0.15, -0.1) is 0 Å². The second-order valence-corrected chi connectivity index (χ2v) is 4.15. The summed E-state index contributed by atoms with van der Waals surface area (Å²) in [7, 11) is 0. The summed E-state index contributed by atoms with van der Waals surface area (Å²) in [6, 6.07) is 11.6. The molecule has 0 aromatic heterocycles. The average Bonchev–Trinajstić information content (AvgIpc) is 2.34. The van der Waals surface area contributed by atoms with Gasteiger partial charge >= 0.3 is 0 Å². The van der Waals surface area contributed by atoms with E-state index in [4.69, 9.17) is 0 Å². The molecule has 0 N–H and O–H groups in total. The molecule has 2 rings (SSSR count). The van der Waals surface area contributed by atoms with E-state index >= 15 is 0 Å². The van der Waals surface area contributed by atoms with E-state index in [1.54, 1.807) is 24.3 Å². The maximum atomic E-state index is 12.9. The van der Waals surface area contributed by atoms with E-state index in [-0.39, 0.29) is 17.4 Å². The van der Waals surface area contributed by atoms with E-state index in [2.05, 4.69) is 0 Å². The lowest BCUT2D eigenvalue weighted by atomic mass is 9.88. The van der Waals surface area contributed by atoms with Crippen LogP contribution in [-0.4, -0.2) is 5.78 Å². The van der Waals surface area contributed by atoms with Crippen molar-refractivity contribution in [2.45, 2.75) is 12.8 Å². The van der Waals surface area contributed by atoms with Gasteiger partial charge in [-0.1, -0.05) is 24.3 Å². The molecule has 0 unspecified atom stereocenters. The van der Waals surface area contributed by atoms with Gasteiger partial charge in [0.05, 0.1) is 5.92 Å². The number of ketones is 1. The number of benzene rings is 2. The zero-order chi connectivity index (χ0) is 13.1. The highest BCUT2D eigenvalue weighted by molar-refractivity contribution is 5.86. The molecule has 18 heavy (non-hydrogen) atoms. The minimum Gasteiger partial charge on any atom is -0.299 e. The highest BCUT2D eigenvalue weighted by Crippen LogP contribution is 2.26. The predicted octanol–water partition coefficient (Wildman–Crippen LogP) is 3.69. The Labute approximate surface area is 104 Å². The van der Waals surface area contributed by atoms with Crippen LogP contribution in [-0.2, 0) is 4.79 Å². The van der Waals surface area contributed by atoms with Gasteiger partial charge in [-0.25, -0.2) is 8.78 Å². The van der Waals surface area contributed by atoms with Gasteiger partial charge in [0.15, 0.2) is 0 Å². The van der Waals surface area contributed by atoms with Crippen molar-refractivity contribution in [1.29, 1.82) is 0 Å². The van der Waals surface area contributed by atoms with Crippen molar-refractivity contribution >= 4 is 5.78 Å². The van der Waals surface area contributed by atoms with Gasteiger partial charge in [-0.05, 0) is 42.3 Å². The standard InChI is InChI=1S/C15H12F2O/c1-10(18)15(11-2-6-13(16)7-3-11)12-4-8-14(17)9-5-12/h2-9,15H,1H3. The van der Waals surface area contributed by atoms with Crippen LogP contribution in [0.2, 0.25) is 0 Å². The zero-order valence-corrected chi connectivity index (χ0v) is 9.86. The molecule has 0 aliphatic carbocycles. The van der Waals surface area contributed by atoms with E-state index in [0.717, 1.165) is 0 Å². The van der Waals surface area contributed by atoms with Gasteiger partial charge in [-0.2, -0.15) is 0 Å². The molecule has 1 nitrogen and oxygen atoms in total. The molecule has 3 heteroatoms. The van der Waals surface area contributed by atoms with Crippen LogP contribution in [0, 0.1) is 11.6 Å². The van der Waals surface area contributed by atoms with E-state index in [1.807, 2.05) is 0 Å². The molecule has 0 atom stereocenters. The van der Waals surface area contributed by atoms with Crippen molar-refractivity contribution < 1.29 is 13.6 Å². The summed E-state index contributed by atoms with van der Waals surface area (Å²) in [5.41, 5.74) is 1.41. The van der Waals surface area contributed by atoms with Crippen molar-refractivity contribution in [3.05, 3.63) is 71.3 Å². The fourth-order valence-electron chi connectivity index (χ4n) is 1.97. The van der Waals surface area contributed by atoms with E-state index in [1.165, 1.54) is 31.2 Å². The number of rotatable bonds is 3. The summed E-state index contributed by atoms with van der Waals surface area (Å²) in [5.74, 6) is -1.24. The normalized spacial score (nSPS) is 10.7. The van der Waals surface area contributed by atoms with E-state index < -0.39 is 5.92 Å². The quantitative estimate of drug-likeness (QED) is 0.807. The summed E-state index contributed by atoms with van der Waals surface area (Å²) in [5, 5.41) is 0. The van der Waals surface area contributed by atoms with Crippen LogP contribution < -0.4 is 0 Å². The molecular formula is C15H12F2O. The number of hydrogen-bond donors (Lipinski definition) is 0. The third-order valence-corrected chi connectivity index (χ3v) is 2.81. The van der Waals surface area contributed by atoms with Crippen LogP contribution in [0.4, 0.5) is 8.78 Å². The monoisotopic (exact) mass is 246 g/mol. The Morgan fingerprint density at radius 1 is 0.833 bits per heavy atom. The van der Waals surface area contributed by atoms with Crippen LogP contribution >= 0.6 is 0 Å². The van der Waals surface area contributed by atoms with Crippen molar-refractivity contribution in [3.8, 4) is 0 Å². The number of carbonyl (C=O) groups excluding carboxylic acids is 1. The van der Waals surface area contributed by atoms with Gasteiger partial charge in [0.25, 0.3) is 0 Å². The predicted molar refractivity (Wildman–Crippen MR) is 65.3 cm³/mol. The average molecular weight is 246 g/mol. The molecular weight excluding hydrogens is 234 g/mol. The topological polar surface area (TPSA) is 17.1 Å². The lowest BCUT2D eigenvalue weighted by Crippen LogP contribution is -2.10. The maximum absolute atomic E-state index is 12.9. The summed E-state index contributed by atoms with van der Waals surface area (Å²) < 4.78 is 25.7. The third kappa shape index (κ3) is 2.62. The Kier molecular flexibility index (Phi) is 3.51. The maximum Gasteiger partial charge on any atom is 0.141 e. The lowest BCUT2D eigenvalue weighted by Gasteiger charge is -2.14. The Hall–Kier alpha value is -2.03. The first kappa shape index (κ1) is 12.4. The molecule has 0 radical (unpaired) electrons. The molecule has 0 spiro atoms. The number of Topliss-reactive ketones (excluding diaryl/α,β-unsaturated/α-hetero) is 1. The molecule has 0 saturated heterocycles. The molecule has 2 aromatic carbocycles. The van der Waals surface area contributed by atoms with Gasteiger partial charge in [-0.3, -0.25) is 4.79 Å². The van der Waals surface area contributed by atoms with Crippen molar-refractivity contribution in [2.75, 3.05) is 0 Å². The Balaban J connectivity index is 2.43. The fourth-order valence-corrected chi connectivity index (χ4v) is 1.97. The zero-order valence-electron chi connectivity index (χ0n) is 9.86. The molecule has 0 saturated carbocycles. The first-order valence-electron chi connectivity index (χ1n) is 5.59. The fraction of sp³-hybridized carbons (Fsp3) is 0.133.